The van der Waals surface area contributed by atoms with Crippen LogP contribution in [0.15, 0.2) is 83.7 Å². The molecule has 0 atom stereocenters. The maximum atomic E-state index is 12.3. The second-order valence-electron chi connectivity index (χ2n) is 6.64. The van der Waals surface area contributed by atoms with Crippen molar-refractivity contribution in [2.75, 3.05) is 0 Å². The maximum absolute atomic E-state index is 12.3. The fraction of sp³-hybridized carbons (Fsp3) is 0.0870. The van der Waals surface area contributed by atoms with Crippen LogP contribution in [0.25, 0.3) is 22.0 Å². The SMILES string of the molecule is O=C(Cn1nc(-c2cccc3ccccc23)ccc1=O)NCc1ccc(Cl)cc1. The monoisotopic (exact) mass is 403 g/mol. The molecule has 0 radical (unpaired) electrons. The van der Waals surface area contributed by atoms with Gasteiger partial charge in [0.2, 0.25) is 5.91 Å². The second-order valence-corrected chi connectivity index (χ2v) is 7.08. The van der Waals surface area contributed by atoms with E-state index in [4.69, 9.17) is 11.6 Å². The van der Waals surface area contributed by atoms with Crippen LogP contribution in [0.5, 0.6) is 0 Å². The van der Waals surface area contributed by atoms with Gasteiger partial charge in [-0.25, -0.2) is 4.68 Å². The highest BCUT2D eigenvalue weighted by molar-refractivity contribution is 6.30. The molecule has 1 N–H and O–H groups in total. The summed E-state index contributed by atoms with van der Waals surface area (Å²) in [6.45, 7) is 0.207. The van der Waals surface area contributed by atoms with Crippen molar-refractivity contribution in [3.05, 3.63) is 99.8 Å². The Hall–Kier alpha value is -3.44. The number of benzene rings is 3. The van der Waals surface area contributed by atoms with Gasteiger partial charge < -0.3 is 5.32 Å². The van der Waals surface area contributed by atoms with Gasteiger partial charge in [0.05, 0.1) is 5.69 Å². The van der Waals surface area contributed by atoms with Crippen LogP contribution < -0.4 is 10.9 Å². The van der Waals surface area contributed by atoms with Crippen LogP contribution in [0.1, 0.15) is 5.56 Å². The normalized spacial score (nSPS) is 10.8. The Morgan fingerprint density at radius 1 is 0.931 bits per heavy atom. The number of nitrogens with zero attached hydrogens (tertiary/aromatic N) is 2. The Labute approximate surface area is 172 Å². The predicted octanol–water partition coefficient (Wildman–Crippen LogP) is 4.03. The zero-order chi connectivity index (χ0) is 20.2. The Morgan fingerprint density at radius 3 is 2.52 bits per heavy atom. The maximum Gasteiger partial charge on any atom is 0.267 e. The summed E-state index contributed by atoms with van der Waals surface area (Å²) >= 11 is 5.87. The molecule has 29 heavy (non-hydrogen) atoms. The Bertz CT molecular complexity index is 1230. The highest BCUT2D eigenvalue weighted by Crippen LogP contribution is 2.26. The van der Waals surface area contributed by atoms with E-state index in [0.717, 1.165) is 21.9 Å². The summed E-state index contributed by atoms with van der Waals surface area (Å²) in [7, 11) is 0. The van der Waals surface area contributed by atoms with Crippen LogP contribution >= 0.6 is 11.6 Å². The number of rotatable bonds is 5. The largest absolute Gasteiger partial charge is 0.350 e. The van der Waals surface area contributed by atoms with Gasteiger partial charge in [-0.15, -0.1) is 0 Å². The number of hydrogen-bond donors (Lipinski definition) is 1. The summed E-state index contributed by atoms with van der Waals surface area (Å²) in [6, 6.07) is 24.3. The van der Waals surface area contributed by atoms with Gasteiger partial charge in [0.15, 0.2) is 0 Å². The molecule has 4 rings (SSSR count). The number of hydrogen-bond acceptors (Lipinski definition) is 3. The third-order valence-corrected chi connectivity index (χ3v) is 4.88. The summed E-state index contributed by atoms with van der Waals surface area (Å²) in [4.78, 5) is 24.5. The van der Waals surface area contributed by atoms with Crippen molar-refractivity contribution in [1.29, 1.82) is 0 Å². The fourth-order valence-corrected chi connectivity index (χ4v) is 3.28. The molecule has 3 aromatic carbocycles. The summed E-state index contributed by atoms with van der Waals surface area (Å²) in [6.07, 6.45) is 0. The summed E-state index contributed by atoms with van der Waals surface area (Å²) in [5.41, 5.74) is 2.16. The van der Waals surface area contributed by atoms with Crippen molar-refractivity contribution < 1.29 is 4.79 Å². The van der Waals surface area contributed by atoms with Gasteiger partial charge in [-0.05, 0) is 34.5 Å². The number of carbonyl (C=O) groups excluding carboxylic acids is 1. The van der Waals surface area contributed by atoms with Crippen molar-refractivity contribution in [2.45, 2.75) is 13.1 Å². The lowest BCUT2D eigenvalue weighted by atomic mass is 10.0. The number of fused-ring (bicyclic) bond motifs is 1. The molecule has 6 heteroatoms. The molecule has 4 aromatic rings. The molecule has 0 bridgehead atoms. The van der Waals surface area contributed by atoms with E-state index in [-0.39, 0.29) is 18.0 Å². The van der Waals surface area contributed by atoms with Crippen molar-refractivity contribution in [3.8, 4) is 11.3 Å². The second kappa shape index (κ2) is 8.29. The molecule has 0 saturated carbocycles. The summed E-state index contributed by atoms with van der Waals surface area (Å²) in [5.74, 6) is -0.287. The molecular weight excluding hydrogens is 386 g/mol. The zero-order valence-electron chi connectivity index (χ0n) is 15.5. The molecule has 1 heterocycles. The van der Waals surface area contributed by atoms with Gasteiger partial charge in [0.25, 0.3) is 5.56 Å². The average molecular weight is 404 g/mol. The average Bonchev–Trinajstić information content (AvgIpc) is 2.74. The van der Waals surface area contributed by atoms with Crippen LogP contribution in [0.3, 0.4) is 0 Å². The van der Waals surface area contributed by atoms with Gasteiger partial charge in [0, 0.05) is 23.2 Å². The first-order valence-corrected chi connectivity index (χ1v) is 9.55. The molecule has 0 aliphatic heterocycles. The standard InChI is InChI=1S/C23H18ClN3O2/c24-18-10-8-16(9-11-18)14-25-22(28)15-27-23(29)13-12-21(26-27)20-7-3-5-17-4-1-2-6-19(17)20/h1-13H,14-15H2,(H,25,28). The molecule has 0 fully saturated rings. The van der Waals surface area contributed by atoms with Crippen LogP contribution in [-0.4, -0.2) is 15.7 Å². The van der Waals surface area contributed by atoms with E-state index in [9.17, 15) is 9.59 Å². The van der Waals surface area contributed by atoms with E-state index in [1.54, 1.807) is 18.2 Å². The van der Waals surface area contributed by atoms with E-state index in [1.165, 1.54) is 10.7 Å². The number of nitrogens with one attached hydrogen (secondary N) is 1. The first-order chi connectivity index (χ1) is 14.1. The highest BCUT2D eigenvalue weighted by atomic mass is 35.5. The van der Waals surface area contributed by atoms with Gasteiger partial charge in [-0.2, -0.15) is 5.10 Å². The third kappa shape index (κ3) is 4.36. The molecule has 0 spiro atoms. The highest BCUT2D eigenvalue weighted by Gasteiger charge is 2.10. The molecule has 1 amide bonds. The smallest absolute Gasteiger partial charge is 0.267 e. The third-order valence-electron chi connectivity index (χ3n) is 4.63. The van der Waals surface area contributed by atoms with Crippen LogP contribution in [0.2, 0.25) is 5.02 Å². The van der Waals surface area contributed by atoms with E-state index >= 15 is 0 Å². The van der Waals surface area contributed by atoms with E-state index in [0.29, 0.717) is 17.3 Å². The predicted molar refractivity (Wildman–Crippen MR) is 115 cm³/mol. The first-order valence-electron chi connectivity index (χ1n) is 9.17. The number of aromatic nitrogens is 2. The minimum absolute atomic E-state index is 0.148. The van der Waals surface area contributed by atoms with Crippen molar-refractivity contribution >= 4 is 28.3 Å². The molecular formula is C23H18ClN3O2. The Kier molecular flexibility index (Phi) is 5.40. The Balaban J connectivity index is 1.54. The minimum Gasteiger partial charge on any atom is -0.350 e. The number of carbonyl (C=O) groups is 1. The van der Waals surface area contributed by atoms with Crippen LogP contribution in [0, 0.1) is 0 Å². The zero-order valence-corrected chi connectivity index (χ0v) is 16.3. The van der Waals surface area contributed by atoms with Crippen molar-refractivity contribution in [2.24, 2.45) is 0 Å². The summed E-state index contributed by atoms with van der Waals surface area (Å²) < 4.78 is 1.19. The molecule has 0 unspecified atom stereocenters. The molecule has 0 saturated heterocycles. The quantitative estimate of drug-likeness (QED) is 0.547. The summed E-state index contributed by atoms with van der Waals surface area (Å²) in [5, 5.41) is 10.00. The molecule has 0 aliphatic rings. The topological polar surface area (TPSA) is 64.0 Å². The first kappa shape index (κ1) is 18.9. The molecule has 5 nitrogen and oxygen atoms in total. The van der Waals surface area contributed by atoms with Gasteiger partial charge in [-0.3, -0.25) is 9.59 Å². The molecule has 0 aliphatic carbocycles. The van der Waals surface area contributed by atoms with Crippen LogP contribution in [0.4, 0.5) is 0 Å². The minimum atomic E-state index is -0.323. The lowest BCUT2D eigenvalue weighted by Crippen LogP contribution is -2.33. The lowest BCUT2D eigenvalue weighted by molar-refractivity contribution is -0.122. The number of amides is 1. The fourth-order valence-electron chi connectivity index (χ4n) is 3.15. The van der Waals surface area contributed by atoms with Gasteiger partial charge >= 0.3 is 0 Å². The van der Waals surface area contributed by atoms with Crippen molar-refractivity contribution in [3.63, 3.8) is 0 Å². The lowest BCUT2D eigenvalue weighted by Gasteiger charge is -2.10. The Morgan fingerprint density at radius 2 is 1.69 bits per heavy atom. The number of halogens is 1. The van der Waals surface area contributed by atoms with Crippen molar-refractivity contribution in [1.82, 2.24) is 15.1 Å². The molecule has 144 valence electrons. The van der Waals surface area contributed by atoms with E-state index in [2.05, 4.69) is 10.4 Å². The van der Waals surface area contributed by atoms with Gasteiger partial charge in [0.1, 0.15) is 6.54 Å². The van der Waals surface area contributed by atoms with Crippen LogP contribution in [-0.2, 0) is 17.9 Å². The van der Waals surface area contributed by atoms with Gasteiger partial charge in [-0.1, -0.05) is 66.2 Å². The van der Waals surface area contributed by atoms with E-state index in [1.807, 2.05) is 54.6 Å². The molecule has 1 aromatic heterocycles. The van der Waals surface area contributed by atoms with E-state index < -0.39 is 0 Å².